The number of allylic oxidation sites excluding steroid dienone is 3. The molecule has 0 atom stereocenters. The third-order valence-electron chi connectivity index (χ3n) is 4.34. The summed E-state index contributed by atoms with van der Waals surface area (Å²) in [4.78, 5) is 26.0. The Balaban J connectivity index is 2.94. The first-order valence-electron chi connectivity index (χ1n) is 9.89. The van der Waals surface area contributed by atoms with Crippen molar-refractivity contribution in [2.75, 3.05) is 44.1 Å². The monoisotopic (exact) mass is 402 g/mol. The lowest BCUT2D eigenvalue weighted by atomic mass is 10.1. The Labute approximate surface area is 174 Å². The summed E-state index contributed by atoms with van der Waals surface area (Å²) in [6, 6.07) is 5.28. The zero-order valence-corrected chi connectivity index (χ0v) is 18.5. The normalized spacial score (nSPS) is 11.0. The highest BCUT2D eigenvalue weighted by atomic mass is 16.5. The maximum Gasteiger partial charge on any atom is 0.340 e. The van der Waals surface area contributed by atoms with Gasteiger partial charge in [0.15, 0.2) is 0 Å². The number of hydrogen-bond acceptors (Lipinski definition) is 5. The van der Waals surface area contributed by atoms with Crippen LogP contribution < -0.4 is 10.2 Å². The second kappa shape index (κ2) is 12.8. The third kappa shape index (κ3) is 8.52. The molecule has 0 aliphatic rings. The number of anilines is 2. The molecule has 6 nitrogen and oxygen atoms in total. The fraction of sp³-hybridized carbons (Fsp3) is 0.478. The van der Waals surface area contributed by atoms with Crippen LogP contribution in [0.1, 0.15) is 50.9 Å². The molecule has 0 spiro atoms. The zero-order chi connectivity index (χ0) is 21.8. The summed E-state index contributed by atoms with van der Waals surface area (Å²) in [7, 11) is 3.08. The van der Waals surface area contributed by atoms with E-state index in [1.165, 1.54) is 23.2 Å². The quantitative estimate of drug-likeness (QED) is 0.433. The first kappa shape index (κ1) is 24.4. The SMILES string of the molecule is CCOC(=O)c1ccc(NC/C=C(\C)CCC=C(C)C)cc1N(C)C(=O)COC. The van der Waals surface area contributed by atoms with Gasteiger partial charge in [-0.2, -0.15) is 0 Å². The standard InChI is InChI=1S/C23H34N2O4/c1-7-29-23(27)20-12-11-19(15-21(20)25(5)22(26)16-28-6)24-14-13-18(4)10-8-9-17(2)3/h9,11-13,15,24H,7-8,10,14,16H2,1-6H3/b18-13+. The van der Waals surface area contributed by atoms with Crippen molar-refractivity contribution in [3.8, 4) is 0 Å². The summed E-state index contributed by atoms with van der Waals surface area (Å²) < 4.78 is 10.1. The van der Waals surface area contributed by atoms with Crippen LogP contribution in [0.4, 0.5) is 11.4 Å². The fourth-order valence-corrected chi connectivity index (χ4v) is 2.69. The van der Waals surface area contributed by atoms with Crippen LogP contribution in [0.3, 0.4) is 0 Å². The summed E-state index contributed by atoms with van der Waals surface area (Å²) in [5, 5.41) is 3.33. The second-order valence-corrected chi connectivity index (χ2v) is 7.09. The molecule has 29 heavy (non-hydrogen) atoms. The Morgan fingerprint density at radius 2 is 1.90 bits per heavy atom. The van der Waals surface area contributed by atoms with Crippen LogP contribution in [0.5, 0.6) is 0 Å². The number of ether oxygens (including phenoxy) is 2. The van der Waals surface area contributed by atoms with Crippen molar-refractivity contribution in [1.82, 2.24) is 0 Å². The van der Waals surface area contributed by atoms with Gasteiger partial charge in [0.2, 0.25) is 0 Å². The van der Waals surface area contributed by atoms with Crippen LogP contribution in [-0.4, -0.2) is 45.8 Å². The molecule has 1 amide bonds. The molecule has 0 unspecified atom stereocenters. The minimum absolute atomic E-state index is 0.0654. The number of hydrogen-bond donors (Lipinski definition) is 1. The van der Waals surface area contributed by atoms with Crippen molar-refractivity contribution < 1.29 is 19.1 Å². The van der Waals surface area contributed by atoms with Crippen LogP contribution in [0, 0.1) is 0 Å². The lowest BCUT2D eigenvalue weighted by molar-refractivity contribution is -0.121. The van der Waals surface area contributed by atoms with Gasteiger partial charge < -0.3 is 19.7 Å². The molecule has 0 fully saturated rings. The third-order valence-corrected chi connectivity index (χ3v) is 4.34. The summed E-state index contributed by atoms with van der Waals surface area (Å²) in [5.74, 6) is -0.702. The van der Waals surface area contributed by atoms with E-state index in [0.717, 1.165) is 18.5 Å². The van der Waals surface area contributed by atoms with Gasteiger partial charge in [-0.1, -0.05) is 23.3 Å². The molecular weight excluding hydrogens is 368 g/mol. The molecule has 0 radical (unpaired) electrons. The smallest absolute Gasteiger partial charge is 0.340 e. The average molecular weight is 403 g/mol. The minimum Gasteiger partial charge on any atom is -0.462 e. The Kier molecular flexibility index (Phi) is 10.8. The molecule has 6 heteroatoms. The fourth-order valence-electron chi connectivity index (χ4n) is 2.69. The molecule has 0 heterocycles. The predicted molar refractivity (Wildman–Crippen MR) is 119 cm³/mol. The Hall–Kier alpha value is -2.60. The molecule has 1 aromatic carbocycles. The minimum atomic E-state index is -0.457. The van der Waals surface area contributed by atoms with E-state index < -0.39 is 5.97 Å². The first-order chi connectivity index (χ1) is 13.8. The molecule has 0 saturated carbocycles. The molecule has 0 saturated heterocycles. The number of amides is 1. The van der Waals surface area contributed by atoms with Gasteiger partial charge in [0.25, 0.3) is 5.91 Å². The maximum absolute atomic E-state index is 12.3. The van der Waals surface area contributed by atoms with Crippen molar-refractivity contribution in [2.45, 2.75) is 40.5 Å². The zero-order valence-electron chi connectivity index (χ0n) is 18.5. The van der Waals surface area contributed by atoms with Gasteiger partial charge in [-0.05, 0) is 58.7 Å². The molecule has 160 valence electrons. The van der Waals surface area contributed by atoms with Crippen LogP contribution in [0.15, 0.2) is 41.5 Å². The molecule has 1 N–H and O–H groups in total. The number of rotatable bonds is 11. The molecule has 1 aromatic rings. The van der Waals surface area contributed by atoms with Gasteiger partial charge >= 0.3 is 5.97 Å². The van der Waals surface area contributed by atoms with Crippen LogP contribution >= 0.6 is 0 Å². The number of methoxy groups -OCH3 is 1. The van der Waals surface area contributed by atoms with Crippen molar-refractivity contribution in [2.24, 2.45) is 0 Å². The summed E-state index contributed by atoms with van der Waals surface area (Å²) in [6.45, 7) is 8.94. The van der Waals surface area contributed by atoms with Crippen molar-refractivity contribution in [3.05, 3.63) is 47.1 Å². The van der Waals surface area contributed by atoms with Crippen molar-refractivity contribution in [1.29, 1.82) is 0 Å². The molecule has 0 aromatic heterocycles. The number of esters is 1. The van der Waals surface area contributed by atoms with Gasteiger partial charge in [0.05, 0.1) is 17.9 Å². The highest BCUT2D eigenvalue weighted by Crippen LogP contribution is 2.25. The first-order valence-corrected chi connectivity index (χ1v) is 9.89. The van der Waals surface area contributed by atoms with E-state index >= 15 is 0 Å². The van der Waals surface area contributed by atoms with Crippen molar-refractivity contribution in [3.63, 3.8) is 0 Å². The Morgan fingerprint density at radius 1 is 1.17 bits per heavy atom. The van der Waals surface area contributed by atoms with Crippen LogP contribution in [0.2, 0.25) is 0 Å². The predicted octanol–water partition coefficient (Wildman–Crippen LogP) is 4.58. The number of nitrogens with one attached hydrogen (secondary N) is 1. The van der Waals surface area contributed by atoms with Crippen LogP contribution in [-0.2, 0) is 14.3 Å². The van der Waals surface area contributed by atoms with E-state index in [-0.39, 0.29) is 19.1 Å². The van der Waals surface area contributed by atoms with E-state index in [0.29, 0.717) is 17.8 Å². The number of likely N-dealkylation sites (N-methyl/N-ethyl adjacent to an activating group) is 1. The topological polar surface area (TPSA) is 67.9 Å². The lowest BCUT2D eigenvalue weighted by Crippen LogP contribution is -2.31. The summed E-state index contributed by atoms with van der Waals surface area (Å²) in [6.07, 6.45) is 6.44. The average Bonchev–Trinajstić information content (AvgIpc) is 2.67. The Bertz CT molecular complexity index is 749. The molecule has 1 rings (SSSR count). The highest BCUT2D eigenvalue weighted by Gasteiger charge is 2.20. The van der Waals surface area contributed by atoms with E-state index in [2.05, 4.69) is 38.2 Å². The van der Waals surface area contributed by atoms with E-state index in [1.54, 1.807) is 26.1 Å². The summed E-state index contributed by atoms with van der Waals surface area (Å²) in [5.41, 5.74) is 4.29. The van der Waals surface area contributed by atoms with E-state index in [1.807, 2.05) is 6.07 Å². The van der Waals surface area contributed by atoms with E-state index in [4.69, 9.17) is 9.47 Å². The van der Waals surface area contributed by atoms with E-state index in [9.17, 15) is 9.59 Å². The number of benzene rings is 1. The molecule has 0 aliphatic carbocycles. The van der Waals surface area contributed by atoms with Gasteiger partial charge in [0.1, 0.15) is 6.61 Å². The van der Waals surface area contributed by atoms with Crippen molar-refractivity contribution >= 4 is 23.3 Å². The van der Waals surface area contributed by atoms with Gasteiger partial charge in [-0.3, -0.25) is 4.79 Å². The maximum atomic E-state index is 12.3. The molecule has 0 aliphatic heterocycles. The highest BCUT2D eigenvalue weighted by molar-refractivity contribution is 6.03. The number of carbonyl (C=O) groups excluding carboxylic acids is 2. The lowest BCUT2D eigenvalue weighted by Gasteiger charge is -2.21. The van der Waals surface area contributed by atoms with Crippen LogP contribution in [0.25, 0.3) is 0 Å². The van der Waals surface area contributed by atoms with Gasteiger partial charge in [-0.25, -0.2) is 4.79 Å². The number of nitrogens with zero attached hydrogens (tertiary/aromatic N) is 1. The van der Waals surface area contributed by atoms with Gasteiger partial charge in [0, 0.05) is 26.4 Å². The second-order valence-electron chi connectivity index (χ2n) is 7.09. The molecular formula is C23H34N2O4. The number of carbonyl (C=O) groups is 2. The van der Waals surface area contributed by atoms with Gasteiger partial charge in [-0.15, -0.1) is 0 Å². The Morgan fingerprint density at radius 3 is 2.52 bits per heavy atom. The molecule has 0 bridgehead atoms. The largest absolute Gasteiger partial charge is 0.462 e. The summed E-state index contributed by atoms with van der Waals surface area (Å²) >= 11 is 0.